The van der Waals surface area contributed by atoms with Gasteiger partial charge in [-0.2, -0.15) is 0 Å². The third-order valence-corrected chi connectivity index (χ3v) is 6.06. The molecule has 1 aliphatic rings. The molecular weight excluding hydrogens is 410 g/mol. The molecule has 5 rings (SSSR count). The zero-order valence-electron chi connectivity index (χ0n) is 16.9. The Kier molecular flexibility index (Phi) is 5.30. The van der Waals surface area contributed by atoms with Crippen LogP contribution in [0, 0.1) is 6.92 Å². The van der Waals surface area contributed by atoms with Gasteiger partial charge in [-0.3, -0.25) is 4.79 Å². The summed E-state index contributed by atoms with van der Waals surface area (Å²) in [6.45, 7) is 1.78. The normalized spacial score (nSPS) is 14.4. The number of aromatic nitrogens is 3. The van der Waals surface area contributed by atoms with Crippen LogP contribution in [-0.2, 0) is 4.79 Å². The van der Waals surface area contributed by atoms with E-state index >= 15 is 0 Å². The quantitative estimate of drug-likeness (QED) is 0.315. The smallest absolute Gasteiger partial charge is 0.243 e. The second kappa shape index (κ2) is 8.39. The number of rotatable bonds is 7. The summed E-state index contributed by atoms with van der Waals surface area (Å²) in [5.41, 5.74) is 1.71. The number of carbonyl (C=O) groups is 1. The molecule has 0 saturated heterocycles. The van der Waals surface area contributed by atoms with Crippen molar-refractivity contribution in [3.8, 4) is 0 Å². The number of aryl methyl sites for hydroxylation is 1. The van der Waals surface area contributed by atoms with Crippen molar-refractivity contribution in [2.45, 2.75) is 36.2 Å². The van der Waals surface area contributed by atoms with Crippen LogP contribution in [0.3, 0.4) is 0 Å². The Hall–Kier alpha value is -3.39. The van der Waals surface area contributed by atoms with E-state index in [2.05, 4.69) is 15.8 Å². The molecule has 0 aliphatic heterocycles. The fraction of sp³-hybridized carbons (Fsp3) is 0.217. The molecule has 1 saturated carbocycles. The molecule has 1 unspecified atom stereocenters. The maximum atomic E-state index is 13.2. The molecule has 8 heteroatoms. The molecule has 0 radical (unpaired) electrons. The largest absolute Gasteiger partial charge is 0.367 e. The van der Waals surface area contributed by atoms with Gasteiger partial charge in [0, 0.05) is 17.5 Å². The molecule has 2 aromatic carbocycles. The summed E-state index contributed by atoms with van der Waals surface area (Å²) in [4.78, 5) is 22.7. The van der Waals surface area contributed by atoms with Crippen molar-refractivity contribution < 1.29 is 9.32 Å². The summed E-state index contributed by atoms with van der Waals surface area (Å²) in [5, 5.41) is 11.2. The summed E-state index contributed by atoms with van der Waals surface area (Å²) < 4.78 is 5.07. The first kappa shape index (κ1) is 19.6. The summed E-state index contributed by atoms with van der Waals surface area (Å²) in [6, 6.07) is 19.7. The average Bonchev–Trinajstić information content (AvgIpc) is 3.51. The van der Waals surface area contributed by atoms with Crippen LogP contribution in [0.2, 0.25) is 0 Å². The topological polar surface area (TPSA) is 92.9 Å². The molecule has 0 spiro atoms. The standard InChI is InChI=1S/C23H21N5O2S/c1-14-13-19(28-30-14)26-22(29)20(15-7-3-2-4-8-15)31-23-25-18-10-6-5-9-17(18)21(27-23)24-16-11-12-16/h2-10,13,16,20H,11-12H2,1H3,(H,24,25,27)(H,26,28,29). The Morgan fingerprint density at radius 3 is 2.61 bits per heavy atom. The van der Waals surface area contributed by atoms with Gasteiger partial charge in [-0.15, -0.1) is 0 Å². The Morgan fingerprint density at radius 1 is 1.10 bits per heavy atom. The third-order valence-electron chi connectivity index (χ3n) is 4.94. The Morgan fingerprint density at radius 2 is 1.87 bits per heavy atom. The molecule has 1 aliphatic carbocycles. The average molecular weight is 432 g/mol. The maximum absolute atomic E-state index is 13.2. The lowest BCUT2D eigenvalue weighted by atomic mass is 10.1. The maximum Gasteiger partial charge on any atom is 0.243 e. The molecule has 156 valence electrons. The molecule has 1 atom stereocenters. The molecule has 2 aromatic heterocycles. The molecule has 7 nitrogen and oxygen atoms in total. The summed E-state index contributed by atoms with van der Waals surface area (Å²) in [7, 11) is 0. The van der Waals surface area contributed by atoms with E-state index in [-0.39, 0.29) is 5.91 Å². The van der Waals surface area contributed by atoms with E-state index in [0.29, 0.717) is 22.8 Å². The van der Waals surface area contributed by atoms with Gasteiger partial charge >= 0.3 is 0 Å². The van der Waals surface area contributed by atoms with Gasteiger partial charge in [-0.05, 0) is 37.5 Å². The van der Waals surface area contributed by atoms with Crippen LogP contribution in [0.4, 0.5) is 11.6 Å². The van der Waals surface area contributed by atoms with E-state index in [4.69, 9.17) is 14.5 Å². The van der Waals surface area contributed by atoms with E-state index in [1.54, 1.807) is 13.0 Å². The van der Waals surface area contributed by atoms with Gasteiger partial charge in [0.15, 0.2) is 11.0 Å². The zero-order valence-corrected chi connectivity index (χ0v) is 17.7. The van der Waals surface area contributed by atoms with E-state index in [0.717, 1.165) is 35.1 Å². The first-order valence-electron chi connectivity index (χ1n) is 10.1. The number of thioether (sulfide) groups is 1. The zero-order chi connectivity index (χ0) is 21.2. The van der Waals surface area contributed by atoms with Crippen molar-refractivity contribution in [2.75, 3.05) is 10.6 Å². The second-order valence-electron chi connectivity index (χ2n) is 7.51. The van der Waals surface area contributed by atoms with Gasteiger partial charge in [-0.1, -0.05) is 59.4 Å². The number of fused-ring (bicyclic) bond motifs is 1. The third kappa shape index (κ3) is 4.54. The lowest BCUT2D eigenvalue weighted by Crippen LogP contribution is -2.19. The number of carbonyl (C=O) groups excluding carboxylic acids is 1. The van der Waals surface area contributed by atoms with Crippen LogP contribution < -0.4 is 10.6 Å². The molecule has 0 bridgehead atoms. The number of benzene rings is 2. The van der Waals surface area contributed by atoms with Crippen LogP contribution >= 0.6 is 11.8 Å². The van der Waals surface area contributed by atoms with Gasteiger partial charge in [0.1, 0.15) is 16.8 Å². The number of anilines is 2. The van der Waals surface area contributed by atoms with Crippen molar-refractivity contribution in [1.82, 2.24) is 15.1 Å². The minimum absolute atomic E-state index is 0.210. The summed E-state index contributed by atoms with van der Waals surface area (Å²) >= 11 is 1.32. The van der Waals surface area contributed by atoms with E-state index in [1.165, 1.54) is 11.8 Å². The second-order valence-corrected chi connectivity index (χ2v) is 8.58. The SMILES string of the molecule is Cc1cc(NC(=O)C(Sc2nc(NC3CC3)c3ccccc3n2)c2ccccc2)no1. The summed E-state index contributed by atoms with van der Waals surface area (Å²) in [6.07, 6.45) is 2.29. The molecule has 4 aromatic rings. The number of amides is 1. The van der Waals surface area contributed by atoms with Crippen LogP contribution in [-0.4, -0.2) is 27.1 Å². The molecule has 1 amide bonds. The minimum atomic E-state index is -0.548. The number of para-hydroxylation sites is 1. The first-order valence-corrected chi connectivity index (χ1v) is 11.0. The van der Waals surface area contributed by atoms with Crippen molar-refractivity contribution in [2.24, 2.45) is 0 Å². The highest BCUT2D eigenvalue weighted by molar-refractivity contribution is 8.00. The number of nitrogens with one attached hydrogen (secondary N) is 2. The fourth-order valence-electron chi connectivity index (χ4n) is 3.26. The molecule has 31 heavy (non-hydrogen) atoms. The molecule has 2 N–H and O–H groups in total. The lowest BCUT2D eigenvalue weighted by molar-refractivity contribution is -0.115. The molecular formula is C23H21N5O2S. The molecule has 2 heterocycles. The van der Waals surface area contributed by atoms with Crippen molar-refractivity contribution >= 4 is 40.2 Å². The van der Waals surface area contributed by atoms with Crippen LogP contribution in [0.25, 0.3) is 10.9 Å². The molecule has 1 fully saturated rings. The van der Waals surface area contributed by atoms with Crippen molar-refractivity contribution in [3.05, 3.63) is 72.0 Å². The fourth-order valence-corrected chi connectivity index (χ4v) is 4.23. The highest BCUT2D eigenvalue weighted by atomic mass is 32.2. The Balaban J connectivity index is 1.48. The van der Waals surface area contributed by atoms with Crippen molar-refractivity contribution in [1.29, 1.82) is 0 Å². The number of hydrogen-bond donors (Lipinski definition) is 2. The van der Waals surface area contributed by atoms with Gasteiger partial charge in [0.2, 0.25) is 5.91 Å². The van der Waals surface area contributed by atoms with Gasteiger partial charge in [0.25, 0.3) is 0 Å². The Labute approximate surface area is 183 Å². The van der Waals surface area contributed by atoms with Gasteiger partial charge in [0.05, 0.1) is 5.52 Å². The minimum Gasteiger partial charge on any atom is -0.367 e. The van der Waals surface area contributed by atoms with E-state index in [1.807, 2.05) is 54.6 Å². The van der Waals surface area contributed by atoms with E-state index < -0.39 is 5.25 Å². The van der Waals surface area contributed by atoms with Crippen LogP contribution in [0.5, 0.6) is 0 Å². The lowest BCUT2D eigenvalue weighted by Gasteiger charge is -2.16. The van der Waals surface area contributed by atoms with Crippen LogP contribution in [0.1, 0.15) is 29.4 Å². The highest BCUT2D eigenvalue weighted by Gasteiger charge is 2.26. The first-order chi connectivity index (χ1) is 15.2. The van der Waals surface area contributed by atoms with Crippen molar-refractivity contribution in [3.63, 3.8) is 0 Å². The predicted molar refractivity (Wildman–Crippen MR) is 121 cm³/mol. The summed E-state index contributed by atoms with van der Waals surface area (Å²) in [5.74, 6) is 1.63. The monoisotopic (exact) mass is 431 g/mol. The number of hydrogen-bond acceptors (Lipinski definition) is 7. The Bertz CT molecular complexity index is 1220. The van der Waals surface area contributed by atoms with Gasteiger partial charge < -0.3 is 15.2 Å². The number of nitrogens with zero attached hydrogens (tertiary/aromatic N) is 3. The van der Waals surface area contributed by atoms with E-state index in [9.17, 15) is 4.79 Å². The highest BCUT2D eigenvalue weighted by Crippen LogP contribution is 2.37. The predicted octanol–water partition coefficient (Wildman–Crippen LogP) is 4.97. The van der Waals surface area contributed by atoms with Crippen LogP contribution in [0.15, 0.2) is 70.3 Å². The van der Waals surface area contributed by atoms with Gasteiger partial charge in [-0.25, -0.2) is 9.97 Å².